The summed E-state index contributed by atoms with van der Waals surface area (Å²) in [6, 6.07) is 0. The number of fused-ring (bicyclic) bond motifs is 5. The molecule has 8 fully saturated rings. The van der Waals surface area contributed by atoms with Gasteiger partial charge in [-0.15, -0.1) is 0 Å². The zero-order valence-electron chi connectivity index (χ0n) is 51.0. The second-order valence-corrected chi connectivity index (χ2v) is 28.1. The Morgan fingerprint density at radius 3 is 1.68 bits per heavy atom. The fourth-order valence-corrected chi connectivity index (χ4v) is 16.5. The minimum atomic E-state index is -5.15. The normalized spacial score (nSPS) is 51.1. The van der Waals surface area contributed by atoms with E-state index in [1.54, 1.807) is 6.92 Å². The number of carbonyl (C=O) groups is 1. The van der Waals surface area contributed by atoms with Crippen LogP contribution in [0.1, 0.15) is 120 Å². The maximum atomic E-state index is 13.2. The van der Waals surface area contributed by atoms with Crippen molar-refractivity contribution in [1.29, 1.82) is 0 Å². The Bertz CT molecular complexity index is 2460. The summed E-state index contributed by atoms with van der Waals surface area (Å²) in [6.07, 6.45) is -39.5. The van der Waals surface area contributed by atoms with Crippen LogP contribution in [-0.4, -0.2) is 263 Å². The molecule has 5 saturated heterocycles. The molecule has 1 unspecified atom stereocenters. The molecule has 3 saturated carbocycles. The fraction of sp³-hybridized carbons (Fsp3) is 0.947. The number of aliphatic hydroxyl groups is 13. The Labute approximate surface area is 528 Å². The first-order chi connectivity index (χ1) is 40.1. The van der Waals surface area contributed by atoms with E-state index in [-0.39, 0.29) is 78.3 Å². The van der Waals surface area contributed by atoms with Crippen molar-refractivity contribution in [2.45, 2.75) is 291 Å². The van der Waals surface area contributed by atoms with Crippen LogP contribution >= 0.6 is 0 Å². The van der Waals surface area contributed by atoms with E-state index in [1.165, 1.54) is 27.7 Å². The molecule has 28 nitrogen and oxygen atoms in total. The molecule has 0 aromatic heterocycles. The number of ketones is 1. The van der Waals surface area contributed by atoms with Crippen molar-refractivity contribution in [3.63, 3.8) is 0 Å². The van der Waals surface area contributed by atoms with Crippen LogP contribution in [0, 0.1) is 40.4 Å². The summed E-state index contributed by atoms with van der Waals surface area (Å²) in [6.45, 7) is 14.4. The molecule has 5 heterocycles. The molecule has 9 aliphatic rings. The molecule has 496 valence electrons. The molecule has 0 spiro atoms. The van der Waals surface area contributed by atoms with Crippen LogP contribution in [0.4, 0.5) is 0 Å². The second-order valence-electron chi connectivity index (χ2n) is 27.1. The third kappa shape index (κ3) is 14.5. The smallest absolute Gasteiger partial charge is 0.726 e. The van der Waals surface area contributed by atoms with E-state index in [4.69, 9.17) is 51.6 Å². The number of allylic oxidation sites excluding steroid dienone is 2. The zero-order valence-corrected chi connectivity index (χ0v) is 53.8. The summed E-state index contributed by atoms with van der Waals surface area (Å²) >= 11 is 0. The second kappa shape index (κ2) is 28.0. The van der Waals surface area contributed by atoms with Gasteiger partial charge < -0.3 is 118 Å². The molecule has 5 aliphatic heterocycles. The van der Waals surface area contributed by atoms with E-state index >= 15 is 0 Å². The van der Waals surface area contributed by atoms with Crippen LogP contribution in [0.3, 0.4) is 0 Å². The topological polar surface area (TPSA) is 439 Å². The van der Waals surface area contributed by atoms with Gasteiger partial charge in [0.05, 0.1) is 48.8 Å². The number of carbonyl (C=O) groups excluding carboxylic acids is 1. The number of hydrogen-bond donors (Lipinski definition) is 13. The number of hydrogen-bond acceptors (Lipinski definition) is 28. The maximum Gasteiger partial charge on any atom is 1.00 e. The summed E-state index contributed by atoms with van der Waals surface area (Å²) in [5.41, 5.74) is -1.35. The van der Waals surface area contributed by atoms with Crippen molar-refractivity contribution in [3.8, 4) is 0 Å². The number of aliphatic hydroxyl groups excluding tert-OH is 12. The summed E-state index contributed by atoms with van der Waals surface area (Å²) < 4.78 is 103. The summed E-state index contributed by atoms with van der Waals surface area (Å²) in [5, 5.41) is 147. The molecule has 0 aromatic carbocycles. The molecule has 9 rings (SSSR count). The number of Topliss-reactive ketones (excluding diaryl/α,β-unsaturated/α-hetero) is 1. The van der Waals surface area contributed by atoms with Crippen LogP contribution < -0.4 is 29.6 Å². The average Bonchev–Trinajstić information content (AvgIpc) is 1.70. The Hall–Kier alpha value is -0.640. The summed E-state index contributed by atoms with van der Waals surface area (Å²) in [7, 11) is -5.15. The van der Waals surface area contributed by atoms with Crippen LogP contribution in [0.15, 0.2) is 11.6 Å². The molecular formula is C57H93NaO28S. The van der Waals surface area contributed by atoms with Crippen LogP contribution in [0.2, 0.25) is 0 Å². The van der Waals surface area contributed by atoms with Gasteiger partial charge in [-0.05, 0) is 120 Å². The fourth-order valence-electron chi connectivity index (χ4n) is 16.0. The first kappa shape index (κ1) is 72.2. The first-order valence-electron chi connectivity index (χ1n) is 30.3. The van der Waals surface area contributed by atoms with Crippen molar-refractivity contribution in [1.82, 2.24) is 0 Å². The average molecular weight is 1280 g/mol. The van der Waals surface area contributed by atoms with Crippen molar-refractivity contribution < 1.29 is 165 Å². The Morgan fingerprint density at radius 1 is 0.632 bits per heavy atom. The molecule has 0 bridgehead atoms. The van der Waals surface area contributed by atoms with Gasteiger partial charge in [0, 0.05) is 12.8 Å². The van der Waals surface area contributed by atoms with Crippen LogP contribution in [-0.2, 0) is 66.7 Å². The third-order valence-corrected chi connectivity index (χ3v) is 21.1. The minimum absolute atomic E-state index is 0. The molecule has 87 heavy (non-hydrogen) atoms. The molecule has 0 amide bonds. The Morgan fingerprint density at radius 2 is 1.13 bits per heavy atom. The predicted octanol–water partition coefficient (Wildman–Crippen LogP) is -5.63. The quantitative estimate of drug-likeness (QED) is 0.0263. The van der Waals surface area contributed by atoms with Crippen LogP contribution in [0.25, 0.3) is 0 Å². The number of rotatable bonds is 18. The minimum Gasteiger partial charge on any atom is -0.726 e. The molecule has 34 atom stereocenters. The van der Waals surface area contributed by atoms with Gasteiger partial charge in [-0.1, -0.05) is 39.3 Å². The largest absolute Gasteiger partial charge is 1.00 e. The van der Waals surface area contributed by atoms with Crippen molar-refractivity contribution in [3.05, 3.63) is 11.6 Å². The standard InChI is InChI=1S/C57H94O28S.Na/c1-21(2)16-26(59)19-57(9,71)34-11-10-29-28-18-32(31-17-27(85-86(72,73)74)12-14-55(31,7)30(28)13-15-56(29,34)8)79-52-45(70)47(38(63)25(6)77-52)82-54-49(84-51-43(68)40(65)36(61)23(4)76-51)44(69)46(33(20-58)80-54)81-53-48(41(66)37(62)24(5)78-53)83-50-42(67)39(64)35(60)22(3)75-50;/h13,21-25,27-29,31-54,58,60-71H,10-12,14-20H2,1-9H3,(H,72,73,74);/q;+1/p-1/t22-,23-,24-,25-,27+,28+,29+,31?,32+,33-,34+,35+,36-,37-,38-,39+,40+,41+,42-,43-,44+,45-,46-,47+,48-,49-,50+,51+,52+,53+,54+,55-,56+,57+;/m1./s1. The van der Waals surface area contributed by atoms with E-state index in [0.717, 1.165) is 5.57 Å². The van der Waals surface area contributed by atoms with Gasteiger partial charge in [-0.3, -0.25) is 8.98 Å². The molecule has 30 heteroatoms. The molecule has 0 radical (unpaired) electrons. The molecule has 0 aromatic rings. The van der Waals surface area contributed by atoms with Gasteiger partial charge >= 0.3 is 29.6 Å². The summed E-state index contributed by atoms with van der Waals surface area (Å²) in [4.78, 5) is 13.2. The van der Waals surface area contributed by atoms with Crippen molar-refractivity contribution in [2.75, 3.05) is 6.61 Å². The van der Waals surface area contributed by atoms with E-state index in [1.807, 2.05) is 13.8 Å². The zero-order chi connectivity index (χ0) is 63.2. The van der Waals surface area contributed by atoms with Gasteiger partial charge in [0.1, 0.15) is 103 Å². The summed E-state index contributed by atoms with van der Waals surface area (Å²) in [5.74, 6) is -0.926. The van der Waals surface area contributed by atoms with E-state index in [0.29, 0.717) is 38.5 Å². The van der Waals surface area contributed by atoms with Gasteiger partial charge in [0.25, 0.3) is 0 Å². The maximum absolute atomic E-state index is 13.2. The van der Waals surface area contributed by atoms with Crippen molar-refractivity contribution >= 4 is 16.2 Å². The number of ether oxygens (including phenoxy) is 10. The Balaban J connectivity index is 0.00000982. The van der Waals surface area contributed by atoms with Gasteiger partial charge in [-0.2, -0.15) is 0 Å². The molecular weight excluding hydrogens is 1190 g/mol. The van der Waals surface area contributed by atoms with Gasteiger partial charge in [0.15, 0.2) is 31.5 Å². The van der Waals surface area contributed by atoms with Crippen LogP contribution in [0.5, 0.6) is 0 Å². The SMILES string of the molecule is CC(C)CC(=O)C[C@](C)(O)[C@H]1CC[C@H]2[C@@H]3C[C@H](O[C@@H]4O[C@H](C)[C@@H](O)[C@H](O[C@@H]5O[C@H](CO)[C@@H](O[C@@H]6O[C@H](C)[C@@H](O)[C@H](O)[C@H]6O[C@@H]6O[C@H](C)[C@H](O)[C@H](O)[C@H]6O)[C@H](O)[C@H]5O[C@@H]5O[C@H](C)[C@@H](O)[C@H](O)[C@H]5O)[C@H]4O)C4C[C@@H](OS(=O)(=O)[O-])CC[C@]4(C)C3=CC[C@@]21C.[Na+]. The first-order valence-corrected chi connectivity index (χ1v) is 31.7. The monoisotopic (exact) mass is 1280 g/mol. The van der Waals surface area contributed by atoms with E-state index in [2.05, 4.69) is 19.9 Å². The Kier molecular flexibility index (Phi) is 23.2. The van der Waals surface area contributed by atoms with Gasteiger partial charge in [-0.25, -0.2) is 8.42 Å². The molecule has 13 N–H and O–H groups in total. The van der Waals surface area contributed by atoms with Gasteiger partial charge in [0.2, 0.25) is 10.4 Å². The molecule has 4 aliphatic carbocycles. The van der Waals surface area contributed by atoms with E-state index in [9.17, 15) is 84.1 Å². The van der Waals surface area contributed by atoms with E-state index < -0.39 is 205 Å². The van der Waals surface area contributed by atoms with Crippen molar-refractivity contribution in [2.24, 2.45) is 40.4 Å². The predicted molar refractivity (Wildman–Crippen MR) is 288 cm³/mol. The third-order valence-electron chi connectivity index (χ3n) is 20.6.